The summed E-state index contributed by atoms with van der Waals surface area (Å²) in [6.07, 6.45) is 3.20. The van der Waals surface area contributed by atoms with Crippen LogP contribution in [0.25, 0.3) is 11.1 Å². The number of rotatable bonds is 1. The van der Waals surface area contributed by atoms with Crippen molar-refractivity contribution < 1.29 is 14.1 Å². The topological polar surface area (TPSA) is 42.6 Å². The first-order valence-electron chi connectivity index (χ1n) is 5.01. The summed E-state index contributed by atoms with van der Waals surface area (Å²) < 4.78 is 11.1. The second-order valence-electron chi connectivity index (χ2n) is 3.83. The minimum Gasteiger partial charge on any atom is -0.471 e. The average molecular weight is 313 g/mol. The zero-order valence-corrected chi connectivity index (χ0v) is 11.0. The molecule has 0 saturated heterocycles. The molecule has 0 amide bonds. The maximum absolute atomic E-state index is 9.66. The van der Waals surface area contributed by atoms with Crippen LogP contribution in [0.1, 0.15) is 5.56 Å². The van der Waals surface area contributed by atoms with Crippen molar-refractivity contribution in [2.75, 3.05) is 0 Å². The van der Waals surface area contributed by atoms with Gasteiger partial charge >= 0.3 is 7.12 Å². The van der Waals surface area contributed by atoms with Gasteiger partial charge in [-0.3, -0.25) is 0 Å². The molecule has 1 aliphatic heterocycles. The second kappa shape index (κ2) is 4.17. The van der Waals surface area contributed by atoms with Gasteiger partial charge in [-0.1, -0.05) is 17.7 Å². The molecule has 3 rings (SSSR count). The van der Waals surface area contributed by atoms with Gasteiger partial charge in [-0.25, -0.2) is 0 Å². The molecule has 0 atom stereocenters. The molecular formula is C11H7BBrClO3. The van der Waals surface area contributed by atoms with Crippen molar-refractivity contribution in [3.8, 4) is 11.1 Å². The van der Waals surface area contributed by atoms with Gasteiger partial charge in [-0.15, -0.1) is 0 Å². The Labute approximate surface area is 112 Å². The van der Waals surface area contributed by atoms with Crippen LogP contribution < -0.4 is 5.46 Å². The van der Waals surface area contributed by atoms with Crippen molar-refractivity contribution in [3.05, 3.63) is 39.7 Å². The Hall–Kier alpha value is -0.745. The number of halogens is 2. The van der Waals surface area contributed by atoms with E-state index >= 15 is 0 Å². The Balaban J connectivity index is 2.19. The molecule has 86 valence electrons. The lowest BCUT2D eigenvalue weighted by atomic mass is 9.78. The summed E-state index contributed by atoms with van der Waals surface area (Å²) in [5, 5.41) is 10.3. The van der Waals surface area contributed by atoms with E-state index in [1.165, 1.54) is 0 Å². The van der Waals surface area contributed by atoms with Crippen molar-refractivity contribution >= 4 is 40.1 Å². The van der Waals surface area contributed by atoms with Crippen molar-refractivity contribution in [2.24, 2.45) is 0 Å². The maximum atomic E-state index is 9.66. The number of hydrogen-bond acceptors (Lipinski definition) is 3. The summed E-state index contributed by atoms with van der Waals surface area (Å²) in [4.78, 5) is 0. The number of benzene rings is 1. The summed E-state index contributed by atoms with van der Waals surface area (Å²) in [5.41, 5.74) is 3.36. The molecule has 17 heavy (non-hydrogen) atoms. The molecule has 0 unspecified atom stereocenters. The van der Waals surface area contributed by atoms with Gasteiger partial charge in [0.1, 0.15) is 6.26 Å². The van der Waals surface area contributed by atoms with E-state index in [1.807, 2.05) is 12.1 Å². The van der Waals surface area contributed by atoms with Gasteiger partial charge in [0, 0.05) is 16.1 Å². The number of fused-ring (bicyclic) bond motifs is 1. The van der Waals surface area contributed by atoms with E-state index < -0.39 is 7.12 Å². The average Bonchev–Trinajstić information content (AvgIpc) is 2.85. The lowest BCUT2D eigenvalue weighted by Crippen LogP contribution is -2.28. The molecule has 0 bridgehead atoms. The molecule has 2 aromatic rings. The Morgan fingerprint density at radius 3 is 2.82 bits per heavy atom. The van der Waals surface area contributed by atoms with Gasteiger partial charge in [0.05, 0.1) is 17.3 Å². The fourth-order valence-corrected chi connectivity index (χ4v) is 2.63. The smallest absolute Gasteiger partial charge is 0.471 e. The molecule has 3 nitrogen and oxygen atoms in total. The first-order chi connectivity index (χ1) is 8.16. The van der Waals surface area contributed by atoms with Gasteiger partial charge < -0.3 is 14.1 Å². The van der Waals surface area contributed by atoms with Gasteiger partial charge in [-0.2, -0.15) is 0 Å². The molecule has 0 aliphatic carbocycles. The molecule has 1 aliphatic rings. The molecule has 0 radical (unpaired) electrons. The zero-order valence-electron chi connectivity index (χ0n) is 8.61. The summed E-state index contributed by atoms with van der Waals surface area (Å²) in [7, 11) is -0.869. The molecular weight excluding hydrogens is 306 g/mol. The SMILES string of the molecule is OB1OCc2cc(Cl)c(-c3cocc3Br)cc21. The monoisotopic (exact) mass is 312 g/mol. The van der Waals surface area contributed by atoms with Crippen LogP contribution in [0.5, 0.6) is 0 Å². The normalized spacial score (nSPS) is 14.2. The Bertz CT molecular complexity index is 584. The minimum atomic E-state index is -0.869. The molecule has 6 heteroatoms. The predicted octanol–water partition coefficient (Wildman–Crippen LogP) is 2.58. The van der Waals surface area contributed by atoms with E-state index in [0.29, 0.717) is 11.6 Å². The molecule has 1 aromatic heterocycles. The first-order valence-corrected chi connectivity index (χ1v) is 6.18. The van der Waals surface area contributed by atoms with Crippen LogP contribution in [-0.2, 0) is 11.3 Å². The van der Waals surface area contributed by atoms with Crippen molar-refractivity contribution in [1.82, 2.24) is 0 Å². The number of furan rings is 1. The number of hydrogen-bond donors (Lipinski definition) is 1. The molecule has 0 saturated carbocycles. The third-order valence-electron chi connectivity index (χ3n) is 2.80. The van der Waals surface area contributed by atoms with Gasteiger partial charge in [-0.05, 0) is 33.0 Å². The summed E-state index contributed by atoms with van der Waals surface area (Å²) in [6, 6.07) is 3.66. The predicted molar refractivity (Wildman–Crippen MR) is 69.2 cm³/mol. The minimum absolute atomic E-state index is 0.392. The van der Waals surface area contributed by atoms with Crippen LogP contribution in [0.2, 0.25) is 5.02 Å². The Morgan fingerprint density at radius 2 is 2.12 bits per heavy atom. The molecule has 2 heterocycles. The van der Waals surface area contributed by atoms with E-state index in [-0.39, 0.29) is 0 Å². The lowest BCUT2D eigenvalue weighted by molar-refractivity contribution is 0.275. The lowest BCUT2D eigenvalue weighted by Gasteiger charge is -2.06. The fraction of sp³-hybridized carbons (Fsp3) is 0.0909. The van der Waals surface area contributed by atoms with E-state index in [9.17, 15) is 5.02 Å². The molecule has 0 spiro atoms. The summed E-state index contributed by atoms with van der Waals surface area (Å²) in [5.74, 6) is 0. The van der Waals surface area contributed by atoms with Crippen LogP contribution in [-0.4, -0.2) is 12.1 Å². The Kier molecular flexibility index (Phi) is 2.79. The van der Waals surface area contributed by atoms with E-state index in [0.717, 1.165) is 26.6 Å². The third kappa shape index (κ3) is 1.83. The van der Waals surface area contributed by atoms with Crippen LogP contribution in [0.4, 0.5) is 0 Å². The van der Waals surface area contributed by atoms with E-state index in [2.05, 4.69) is 15.9 Å². The third-order valence-corrected chi connectivity index (χ3v) is 3.72. The van der Waals surface area contributed by atoms with Crippen LogP contribution >= 0.6 is 27.5 Å². The standard InChI is InChI=1S/C11H7BBrClO3/c13-10-5-16-4-8(10)7-2-9-6(1-11(7)14)3-17-12(9)15/h1-2,4-5,15H,3H2. The van der Waals surface area contributed by atoms with Crippen molar-refractivity contribution in [1.29, 1.82) is 0 Å². The highest BCUT2D eigenvalue weighted by Gasteiger charge is 2.29. The van der Waals surface area contributed by atoms with Crippen LogP contribution in [0.15, 0.2) is 33.5 Å². The second-order valence-corrected chi connectivity index (χ2v) is 5.09. The summed E-state index contributed by atoms with van der Waals surface area (Å²) in [6.45, 7) is 0.392. The van der Waals surface area contributed by atoms with Gasteiger partial charge in [0.25, 0.3) is 0 Å². The fourth-order valence-electron chi connectivity index (χ4n) is 1.92. The molecule has 1 aromatic carbocycles. The first kappa shape index (κ1) is 11.4. The van der Waals surface area contributed by atoms with E-state index in [4.69, 9.17) is 20.7 Å². The zero-order chi connectivity index (χ0) is 12.0. The Morgan fingerprint density at radius 1 is 1.29 bits per heavy atom. The van der Waals surface area contributed by atoms with Gasteiger partial charge in [0.2, 0.25) is 0 Å². The van der Waals surface area contributed by atoms with Crippen LogP contribution in [0, 0.1) is 0 Å². The largest absolute Gasteiger partial charge is 0.491 e. The highest BCUT2D eigenvalue weighted by molar-refractivity contribution is 9.10. The molecule has 1 N–H and O–H groups in total. The van der Waals surface area contributed by atoms with Crippen molar-refractivity contribution in [2.45, 2.75) is 6.61 Å². The maximum Gasteiger partial charge on any atom is 0.491 e. The van der Waals surface area contributed by atoms with Crippen LogP contribution in [0.3, 0.4) is 0 Å². The summed E-state index contributed by atoms with van der Waals surface area (Å²) >= 11 is 9.61. The van der Waals surface area contributed by atoms with E-state index in [1.54, 1.807) is 12.5 Å². The highest BCUT2D eigenvalue weighted by Crippen LogP contribution is 2.35. The van der Waals surface area contributed by atoms with Crippen molar-refractivity contribution in [3.63, 3.8) is 0 Å². The highest BCUT2D eigenvalue weighted by atomic mass is 79.9. The molecule has 0 fully saturated rings. The van der Waals surface area contributed by atoms with Gasteiger partial charge in [0.15, 0.2) is 0 Å². The quantitative estimate of drug-likeness (QED) is 0.823.